The van der Waals surface area contributed by atoms with Gasteiger partial charge in [-0.15, -0.1) is 0 Å². The van der Waals surface area contributed by atoms with Crippen molar-refractivity contribution in [2.24, 2.45) is 5.92 Å². The van der Waals surface area contributed by atoms with E-state index in [2.05, 4.69) is 39.9 Å². The summed E-state index contributed by atoms with van der Waals surface area (Å²) >= 11 is 0. The van der Waals surface area contributed by atoms with Gasteiger partial charge in [0, 0.05) is 18.7 Å². The first-order valence-electron chi connectivity index (χ1n) is 6.83. The highest BCUT2D eigenvalue weighted by Gasteiger charge is 2.29. The van der Waals surface area contributed by atoms with Crippen LogP contribution >= 0.6 is 0 Å². The molecule has 96 valence electrons. The minimum Gasteiger partial charge on any atom is -0.375 e. The highest BCUT2D eigenvalue weighted by Crippen LogP contribution is 2.24. The van der Waals surface area contributed by atoms with Gasteiger partial charge in [-0.05, 0) is 46.0 Å². The molecule has 2 heteroatoms. The second-order valence-corrected chi connectivity index (χ2v) is 6.11. The third kappa shape index (κ3) is 4.84. The van der Waals surface area contributed by atoms with Gasteiger partial charge in [0.2, 0.25) is 0 Å². The lowest BCUT2D eigenvalue weighted by Gasteiger charge is -2.37. The van der Waals surface area contributed by atoms with Gasteiger partial charge >= 0.3 is 0 Å². The fraction of sp³-hybridized carbons (Fsp3) is 1.00. The zero-order valence-corrected chi connectivity index (χ0v) is 11.7. The van der Waals surface area contributed by atoms with Crippen LogP contribution in [0.4, 0.5) is 0 Å². The SMILES string of the molecule is CCC(C)CC(C)NC1CCOC(C)(C)C1. The predicted molar refractivity (Wildman–Crippen MR) is 69.7 cm³/mol. The number of hydrogen-bond donors (Lipinski definition) is 1. The molecule has 3 atom stereocenters. The van der Waals surface area contributed by atoms with Crippen LogP contribution in [-0.2, 0) is 4.74 Å². The van der Waals surface area contributed by atoms with Crippen molar-refractivity contribution in [1.29, 1.82) is 0 Å². The van der Waals surface area contributed by atoms with Gasteiger partial charge in [0.25, 0.3) is 0 Å². The molecule has 16 heavy (non-hydrogen) atoms. The Bertz CT molecular complexity index is 203. The first-order chi connectivity index (χ1) is 7.43. The van der Waals surface area contributed by atoms with E-state index in [1.54, 1.807) is 0 Å². The molecule has 1 fully saturated rings. The lowest BCUT2D eigenvalue weighted by atomic mass is 9.92. The van der Waals surface area contributed by atoms with Crippen molar-refractivity contribution in [3.8, 4) is 0 Å². The molecule has 0 aromatic heterocycles. The van der Waals surface area contributed by atoms with Crippen LogP contribution in [0.5, 0.6) is 0 Å². The number of rotatable bonds is 5. The quantitative estimate of drug-likeness (QED) is 0.777. The summed E-state index contributed by atoms with van der Waals surface area (Å²) in [6.07, 6.45) is 4.87. The predicted octanol–water partition coefficient (Wildman–Crippen LogP) is 3.36. The van der Waals surface area contributed by atoms with E-state index in [0.717, 1.165) is 25.4 Å². The highest BCUT2D eigenvalue weighted by molar-refractivity contribution is 4.84. The largest absolute Gasteiger partial charge is 0.375 e. The molecule has 1 saturated heterocycles. The Labute approximate surface area is 101 Å². The molecule has 0 radical (unpaired) electrons. The molecule has 1 heterocycles. The summed E-state index contributed by atoms with van der Waals surface area (Å²) in [5.41, 5.74) is 0.0615. The van der Waals surface area contributed by atoms with Crippen molar-refractivity contribution in [2.75, 3.05) is 6.61 Å². The lowest BCUT2D eigenvalue weighted by molar-refractivity contribution is -0.0641. The van der Waals surface area contributed by atoms with Crippen LogP contribution in [0.1, 0.15) is 60.3 Å². The Morgan fingerprint density at radius 2 is 2.06 bits per heavy atom. The topological polar surface area (TPSA) is 21.3 Å². The van der Waals surface area contributed by atoms with E-state index in [-0.39, 0.29) is 5.60 Å². The molecule has 0 aromatic carbocycles. The van der Waals surface area contributed by atoms with E-state index in [9.17, 15) is 0 Å². The molecule has 0 aliphatic carbocycles. The van der Waals surface area contributed by atoms with E-state index < -0.39 is 0 Å². The first kappa shape index (κ1) is 14.0. The van der Waals surface area contributed by atoms with Gasteiger partial charge in [-0.2, -0.15) is 0 Å². The van der Waals surface area contributed by atoms with Gasteiger partial charge in [-0.25, -0.2) is 0 Å². The summed E-state index contributed by atoms with van der Waals surface area (Å²) in [5.74, 6) is 0.829. The van der Waals surface area contributed by atoms with Crippen LogP contribution in [0, 0.1) is 5.92 Å². The van der Waals surface area contributed by atoms with Gasteiger partial charge in [0.15, 0.2) is 0 Å². The summed E-state index contributed by atoms with van der Waals surface area (Å²) in [4.78, 5) is 0. The Balaban J connectivity index is 2.30. The zero-order chi connectivity index (χ0) is 12.2. The molecule has 1 N–H and O–H groups in total. The summed E-state index contributed by atoms with van der Waals surface area (Å²) in [6, 6.07) is 1.27. The first-order valence-corrected chi connectivity index (χ1v) is 6.83. The summed E-state index contributed by atoms with van der Waals surface area (Å²) in [7, 11) is 0. The van der Waals surface area contributed by atoms with Crippen LogP contribution in [0.15, 0.2) is 0 Å². The van der Waals surface area contributed by atoms with Crippen LogP contribution in [-0.4, -0.2) is 24.3 Å². The molecule has 0 bridgehead atoms. The molecule has 0 saturated carbocycles. The Morgan fingerprint density at radius 1 is 1.38 bits per heavy atom. The number of hydrogen-bond acceptors (Lipinski definition) is 2. The minimum atomic E-state index is 0.0615. The Morgan fingerprint density at radius 3 is 2.62 bits per heavy atom. The maximum absolute atomic E-state index is 5.74. The fourth-order valence-corrected chi connectivity index (χ4v) is 2.61. The summed E-state index contributed by atoms with van der Waals surface area (Å²) in [6.45, 7) is 12.2. The van der Waals surface area contributed by atoms with Gasteiger partial charge < -0.3 is 10.1 Å². The van der Waals surface area contributed by atoms with Crippen molar-refractivity contribution in [1.82, 2.24) is 5.32 Å². The molecule has 2 nitrogen and oxygen atoms in total. The lowest BCUT2D eigenvalue weighted by Crippen LogP contribution is -2.46. The van der Waals surface area contributed by atoms with Crippen LogP contribution < -0.4 is 5.32 Å². The van der Waals surface area contributed by atoms with E-state index in [1.807, 2.05) is 0 Å². The second kappa shape index (κ2) is 6.02. The normalized spacial score (nSPS) is 28.7. The van der Waals surface area contributed by atoms with Crippen molar-refractivity contribution < 1.29 is 4.74 Å². The number of nitrogens with one attached hydrogen (secondary N) is 1. The standard InChI is InChI=1S/C14H29NO/c1-6-11(2)9-12(3)15-13-7-8-16-14(4,5)10-13/h11-13,15H,6-10H2,1-5H3. The van der Waals surface area contributed by atoms with E-state index >= 15 is 0 Å². The molecule has 1 rings (SSSR count). The third-order valence-electron chi connectivity index (χ3n) is 3.67. The second-order valence-electron chi connectivity index (χ2n) is 6.11. The van der Waals surface area contributed by atoms with Crippen LogP contribution in [0.2, 0.25) is 0 Å². The minimum absolute atomic E-state index is 0.0615. The smallest absolute Gasteiger partial charge is 0.0641 e. The van der Waals surface area contributed by atoms with Crippen molar-refractivity contribution >= 4 is 0 Å². The molecular formula is C14H29NO. The molecule has 0 amide bonds. The average Bonchev–Trinajstić information content (AvgIpc) is 2.15. The monoisotopic (exact) mass is 227 g/mol. The average molecular weight is 227 g/mol. The van der Waals surface area contributed by atoms with Gasteiger partial charge in [-0.3, -0.25) is 0 Å². The molecular weight excluding hydrogens is 198 g/mol. The van der Waals surface area contributed by atoms with Crippen molar-refractivity contribution in [3.63, 3.8) is 0 Å². The van der Waals surface area contributed by atoms with Gasteiger partial charge in [0.05, 0.1) is 5.60 Å². The third-order valence-corrected chi connectivity index (χ3v) is 3.67. The van der Waals surface area contributed by atoms with E-state index in [4.69, 9.17) is 4.74 Å². The summed E-state index contributed by atoms with van der Waals surface area (Å²) < 4.78 is 5.74. The summed E-state index contributed by atoms with van der Waals surface area (Å²) in [5, 5.41) is 3.76. The van der Waals surface area contributed by atoms with Crippen molar-refractivity contribution in [3.05, 3.63) is 0 Å². The fourth-order valence-electron chi connectivity index (χ4n) is 2.61. The molecule has 1 aliphatic rings. The van der Waals surface area contributed by atoms with Crippen molar-refractivity contribution in [2.45, 2.75) is 78.0 Å². The Hall–Kier alpha value is -0.0800. The molecule has 3 unspecified atom stereocenters. The molecule has 0 spiro atoms. The maximum Gasteiger partial charge on any atom is 0.0641 e. The maximum atomic E-state index is 5.74. The van der Waals surface area contributed by atoms with Gasteiger partial charge in [0.1, 0.15) is 0 Å². The van der Waals surface area contributed by atoms with E-state index in [0.29, 0.717) is 12.1 Å². The van der Waals surface area contributed by atoms with E-state index in [1.165, 1.54) is 12.8 Å². The number of ether oxygens (including phenoxy) is 1. The molecule has 0 aromatic rings. The van der Waals surface area contributed by atoms with Crippen LogP contribution in [0.25, 0.3) is 0 Å². The Kier molecular flexibility index (Phi) is 5.26. The molecule has 1 aliphatic heterocycles. The van der Waals surface area contributed by atoms with Gasteiger partial charge in [-0.1, -0.05) is 20.3 Å². The zero-order valence-electron chi connectivity index (χ0n) is 11.7. The van der Waals surface area contributed by atoms with Crippen LogP contribution in [0.3, 0.4) is 0 Å². The highest BCUT2D eigenvalue weighted by atomic mass is 16.5.